The van der Waals surface area contributed by atoms with Gasteiger partial charge in [-0.3, -0.25) is 0 Å². The molecule has 2 aromatic rings. The van der Waals surface area contributed by atoms with Crippen LogP contribution in [0.2, 0.25) is 0 Å². The quantitative estimate of drug-likeness (QED) is 0.725. The van der Waals surface area contributed by atoms with Crippen molar-refractivity contribution in [2.45, 2.75) is 0 Å². The number of para-hydroxylation sites is 1. The van der Waals surface area contributed by atoms with Gasteiger partial charge in [-0.25, -0.2) is 0 Å². The molecule has 0 fully saturated rings. The Balaban J connectivity index is 0.000000720. The van der Waals surface area contributed by atoms with Gasteiger partial charge in [-0.1, -0.05) is 18.2 Å². The molecule has 0 saturated heterocycles. The molecule has 2 nitrogen and oxygen atoms in total. The summed E-state index contributed by atoms with van der Waals surface area (Å²) < 4.78 is 1.78. The number of aromatic nitrogens is 2. The third-order valence-corrected chi connectivity index (χ3v) is 1.48. The molecule has 1 aromatic carbocycles. The van der Waals surface area contributed by atoms with Gasteiger partial charge in [0.1, 0.15) is 0 Å². The molecule has 0 amide bonds. The van der Waals surface area contributed by atoms with E-state index in [0.717, 1.165) is 5.69 Å². The van der Waals surface area contributed by atoms with Gasteiger partial charge >= 0.3 is 0 Å². The Morgan fingerprint density at radius 2 is 1.92 bits per heavy atom. The number of nitrogens with zero attached hydrogens (tertiary/aromatic N) is 2. The van der Waals surface area contributed by atoms with E-state index in [2.05, 4.69) is 11.3 Å². The van der Waals surface area contributed by atoms with E-state index in [0.29, 0.717) is 0 Å². The van der Waals surface area contributed by atoms with Crippen LogP contribution in [0.5, 0.6) is 0 Å². The molecule has 2 rings (SSSR count). The minimum Gasteiger partial charge on any atom is -0.338 e. The van der Waals surface area contributed by atoms with Crippen LogP contribution >= 0.6 is 0 Å². The van der Waals surface area contributed by atoms with E-state index in [1.54, 1.807) is 10.7 Å². The van der Waals surface area contributed by atoms with Crippen LogP contribution in [0.1, 0.15) is 0 Å². The summed E-state index contributed by atoms with van der Waals surface area (Å²) in [7, 11) is 0. The van der Waals surface area contributed by atoms with E-state index >= 15 is 0 Å². The molecular formula is C9H7IrN2-. The number of rotatable bonds is 1. The number of benzene rings is 1. The van der Waals surface area contributed by atoms with E-state index in [1.807, 2.05) is 36.5 Å². The number of hydrogen-bond acceptors (Lipinski definition) is 1. The average Bonchev–Trinajstić information content (AvgIpc) is 2.58. The van der Waals surface area contributed by atoms with Crippen LogP contribution in [0.3, 0.4) is 0 Å². The summed E-state index contributed by atoms with van der Waals surface area (Å²) in [5.74, 6) is 0. The van der Waals surface area contributed by atoms with E-state index in [-0.39, 0.29) is 20.1 Å². The Hall–Kier alpha value is -0.921. The molecule has 0 saturated carbocycles. The van der Waals surface area contributed by atoms with Gasteiger partial charge in [0, 0.05) is 25.8 Å². The molecule has 0 N–H and O–H groups in total. The Bertz CT molecular complexity index is 316. The van der Waals surface area contributed by atoms with Crippen LogP contribution in [0.15, 0.2) is 42.6 Å². The molecule has 0 bridgehead atoms. The minimum atomic E-state index is 0. The predicted octanol–water partition coefficient (Wildman–Crippen LogP) is 1.67. The van der Waals surface area contributed by atoms with E-state index in [9.17, 15) is 0 Å². The van der Waals surface area contributed by atoms with Gasteiger partial charge in [-0.05, 0) is 12.1 Å². The second-order valence-electron chi connectivity index (χ2n) is 2.22. The van der Waals surface area contributed by atoms with Crippen molar-refractivity contribution in [3.8, 4) is 5.69 Å². The third-order valence-electron chi connectivity index (χ3n) is 1.48. The maximum atomic E-state index is 3.98. The molecule has 1 aromatic heterocycles. The summed E-state index contributed by atoms with van der Waals surface area (Å²) in [6, 6.07) is 11.7. The maximum Gasteiger partial charge on any atom is 0.0430 e. The molecule has 12 heavy (non-hydrogen) atoms. The smallest absolute Gasteiger partial charge is 0.0430 e. The van der Waals surface area contributed by atoms with Crippen LogP contribution in [0, 0.1) is 6.20 Å². The molecule has 1 radical (unpaired) electrons. The van der Waals surface area contributed by atoms with Gasteiger partial charge in [0.2, 0.25) is 0 Å². The molecule has 0 aliphatic heterocycles. The van der Waals surface area contributed by atoms with Crippen LogP contribution in [0.25, 0.3) is 5.69 Å². The van der Waals surface area contributed by atoms with Crippen molar-refractivity contribution in [3.63, 3.8) is 0 Å². The predicted molar refractivity (Wildman–Crippen MR) is 42.4 cm³/mol. The molecular weight excluding hydrogens is 328 g/mol. The summed E-state index contributed by atoms with van der Waals surface area (Å²) in [4.78, 5) is 0. The van der Waals surface area contributed by atoms with Crippen LogP contribution in [-0.4, -0.2) is 9.78 Å². The van der Waals surface area contributed by atoms with Gasteiger partial charge in [-0.15, -0.1) is 12.4 Å². The summed E-state index contributed by atoms with van der Waals surface area (Å²) in [5.41, 5.74) is 1.06. The van der Waals surface area contributed by atoms with E-state index in [4.69, 9.17) is 0 Å². The summed E-state index contributed by atoms with van der Waals surface area (Å²) in [6.45, 7) is 0. The SMILES string of the molecule is [Ir].[c-]1ccn(-c2ccccc2)n1. The largest absolute Gasteiger partial charge is 0.338 e. The maximum absolute atomic E-state index is 3.98. The van der Waals surface area contributed by atoms with Crippen molar-refractivity contribution in [2.75, 3.05) is 0 Å². The normalized spacial score (nSPS) is 9.00. The average molecular weight is 335 g/mol. The standard InChI is InChI=1S/C9H7N2.Ir/c1-2-5-9(6-3-1)11-8-4-7-10-11;/h1-6,8H;/q-1;. The summed E-state index contributed by atoms with van der Waals surface area (Å²) in [6.07, 6.45) is 4.61. The molecule has 3 heteroatoms. The van der Waals surface area contributed by atoms with Crippen molar-refractivity contribution in [3.05, 3.63) is 48.8 Å². The Morgan fingerprint density at radius 1 is 1.17 bits per heavy atom. The molecule has 0 aliphatic carbocycles. The fourth-order valence-electron chi connectivity index (χ4n) is 0.957. The second-order valence-corrected chi connectivity index (χ2v) is 2.22. The zero-order valence-corrected chi connectivity index (χ0v) is 8.66. The summed E-state index contributed by atoms with van der Waals surface area (Å²) in [5, 5.41) is 3.98. The van der Waals surface area contributed by atoms with Crippen LogP contribution in [-0.2, 0) is 20.1 Å². The molecule has 0 spiro atoms. The first-order valence-electron chi connectivity index (χ1n) is 3.44. The van der Waals surface area contributed by atoms with Crippen LogP contribution < -0.4 is 0 Å². The zero-order chi connectivity index (χ0) is 7.52. The first-order valence-corrected chi connectivity index (χ1v) is 3.44. The Kier molecular flexibility index (Phi) is 3.20. The molecule has 0 atom stereocenters. The van der Waals surface area contributed by atoms with Crippen molar-refractivity contribution >= 4 is 0 Å². The Morgan fingerprint density at radius 3 is 2.50 bits per heavy atom. The van der Waals surface area contributed by atoms with Crippen molar-refractivity contribution in [1.82, 2.24) is 9.78 Å². The van der Waals surface area contributed by atoms with Gasteiger partial charge in [0.15, 0.2) is 0 Å². The molecule has 63 valence electrons. The topological polar surface area (TPSA) is 17.8 Å². The fraction of sp³-hybridized carbons (Fsp3) is 0. The van der Waals surface area contributed by atoms with Gasteiger partial charge in [0.25, 0.3) is 0 Å². The Labute approximate surface area is 84.6 Å². The second kappa shape index (κ2) is 4.19. The molecule has 1 heterocycles. The monoisotopic (exact) mass is 336 g/mol. The van der Waals surface area contributed by atoms with Crippen molar-refractivity contribution in [1.29, 1.82) is 0 Å². The molecule has 0 aliphatic rings. The van der Waals surface area contributed by atoms with Gasteiger partial charge in [-0.2, -0.15) is 6.07 Å². The van der Waals surface area contributed by atoms with E-state index in [1.165, 1.54) is 0 Å². The first kappa shape index (κ1) is 9.17. The van der Waals surface area contributed by atoms with Crippen molar-refractivity contribution in [2.24, 2.45) is 0 Å². The van der Waals surface area contributed by atoms with Crippen LogP contribution in [0.4, 0.5) is 0 Å². The van der Waals surface area contributed by atoms with Crippen molar-refractivity contribution < 1.29 is 20.1 Å². The van der Waals surface area contributed by atoms with E-state index < -0.39 is 0 Å². The number of hydrogen-bond donors (Lipinski definition) is 0. The fourth-order valence-corrected chi connectivity index (χ4v) is 0.957. The summed E-state index contributed by atoms with van der Waals surface area (Å²) >= 11 is 0. The zero-order valence-electron chi connectivity index (χ0n) is 6.27. The molecule has 0 unspecified atom stereocenters. The third kappa shape index (κ3) is 1.81. The first-order chi connectivity index (χ1) is 5.47. The van der Waals surface area contributed by atoms with Gasteiger partial charge in [0.05, 0.1) is 0 Å². The van der Waals surface area contributed by atoms with Gasteiger partial charge < -0.3 is 9.78 Å². The minimum absolute atomic E-state index is 0.